The first-order valence-corrected chi connectivity index (χ1v) is 8.42. The molecule has 1 saturated heterocycles. The van der Waals surface area contributed by atoms with Gasteiger partial charge >= 0.3 is 0 Å². The second kappa shape index (κ2) is 8.53. The Kier molecular flexibility index (Phi) is 5.90. The van der Waals surface area contributed by atoms with E-state index < -0.39 is 0 Å². The van der Waals surface area contributed by atoms with Gasteiger partial charge in [0.1, 0.15) is 11.9 Å². The summed E-state index contributed by atoms with van der Waals surface area (Å²) in [6.07, 6.45) is 8.13. The van der Waals surface area contributed by atoms with Crippen LogP contribution < -0.4 is 10.1 Å². The molecule has 7 heteroatoms. The second-order valence-electron chi connectivity index (χ2n) is 6.03. The predicted octanol–water partition coefficient (Wildman–Crippen LogP) is 1.47. The Bertz CT molecular complexity index is 678. The highest BCUT2D eigenvalue weighted by atomic mass is 16.5. The van der Waals surface area contributed by atoms with Crippen LogP contribution in [0.2, 0.25) is 0 Å². The Morgan fingerprint density at radius 1 is 1.32 bits per heavy atom. The summed E-state index contributed by atoms with van der Waals surface area (Å²) in [4.78, 5) is 24.7. The molecule has 0 radical (unpaired) electrons. The van der Waals surface area contributed by atoms with Gasteiger partial charge in [-0.1, -0.05) is 0 Å². The van der Waals surface area contributed by atoms with Gasteiger partial charge in [0.05, 0.1) is 31.1 Å². The van der Waals surface area contributed by atoms with Crippen molar-refractivity contribution in [2.75, 3.05) is 13.2 Å². The van der Waals surface area contributed by atoms with Crippen LogP contribution >= 0.6 is 0 Å². The molecule has 1 aliphatic heterocycles. The first-order valence-electron chi connectivity index (χ1n) is 8.42. The Balaban J connectivity index is 1.53. The summed E-state index contributed by atoms with van der Waals surface area (Å²) in [6, 6.07) is 3.62. The molecule has 1 aliphatic rings. The Labute approximate surface area is 146 Å². The fourth-order valence-electron chi connectivity index (χ4n) is 2.67. The van der Waals surface area contributed by atoms with Gasteiger partial charge in [0.2, 0.25) is 5.91 Å². The number of nitrogens with one attached hydrogen (secondary N) is 1. The summed E-state index contributed by atoms with van der Waals surface area (Å²) in [5, 5.41) is 3.01. The number of pyridine rings is 1. The van der Waals surface area contributed by atoms with E-state index in [1.807, 2.05) is 19.1 Å². The molecular formula is C18H22N4O3. The first-order chi connectivity index (χ1) is 12.2. The fourth-order valence-corrected chi connectivity index (χ4v) is 2.67. The van der Waals surface area contributed by atoms with Crippen LogP contribution in [0, 0.1) is 6.92 Å². The Morgan fingerprint density at radius 2 is 2.24 bits per heavy atom. The van der Waals surface area contributed by atoms with E-state index in [2.05, 4.69) is 20.3 Å². The van der Waals surface area contributed by atoms with E-state index in [1.54, 1.807) is 24.8 Å². The number of hydrogen-bond acceptors (Lipinski definition) is 6. The van der Waals surface area contributed by atoms with Crippen LogP contribution in [-0.4, -0.2) is 46.2 Å². The molecule has 2 aromatic heterocycles. The van der Waals surface area contributed by atoms with Gasteiger partial charge in [0.15, 0.2) is 0 Å². The highest BCUT2D eigenvalue weighted by Crippen LogP contribution is 2.18. The van der Waals surface area contributed by atoms with E-state index in [0.717, 1.165) is 17.8 Å². The number of nitrogens with zero attached hydrogens (tertiary/aromatic N) is 3. The van der Waals surface area contributed by atoms with Crippen LogP contribution in [0.25, 0.3) is 0 Å². The molecule has 3 rings (SSSR count). The zero-order valence-corrected chi connectivity index (χ0v) is 14.2. The topological polar surface area (TPSA) is 86.2 Å². The SMILES string of the molecule is Cc1ccc(O[C@@H]2CCOC[C@@H]2NC(=O)CCc2cnccn2)cn1. The molecule has 3 heterocycles. The van der Waals surface area contributed by atoms with E-state index in [4.69, 9.17) is 9.47 Å². The van der Waals surface area contributed by atoms with Gasteiger partial charge in [-0.05, 0) is 25.5 Å². The molecule has 1 fully saturated rings. The van der Waals surface area contributed by atoms with Gasteiger partial charge in [-0.15, -0.1) is 0 Å². The van der Waals surface area contributed by atoms with E-state index in [-0.39, 0.29) is 18.1 Å². The number of carbonyl (C=O) groups excluding carboxylic acids is 1. The maximum absolute atomic E-state index is 12.2. The van der Waals surface area contributed by atoms with Gasteiger partial charge in [-0.2, -0.15) is 0 Å². The third kappa shape index (κ3) is 5.22. The monoisotopic (exact) mass is 342 g/mol. The van der Waals surface area contributed by atoms with E-state index >= 15 is 0 Å². The van der Waals surface area contributed by atoms with Crippen LogP contribution in [0.5, 0.6) is 5.75 Å². The summed E-state index contributed by atoms with van der Waals surface area (Å²) in [5.41, 5.74) is 1.74. The molecule has 0 bridgehead atoms. The molecule has 1 N–H and O–H groups in total. The number of ether oxygens (including phenoxy) is 2. The number of aromatic nitrogens is 3. The number of carbonyl (C=O) groups is 1. The quantitative estimate of drug-likeness (QED) is 0.855. The first kappa shape index (κ1) is 17.3. The number of rotatable bonds is 6. The van der Waals surface area contributed by atoms with Crippen molar-refractivity contribution in [3.8, 4) is 5.75 Å². The second-order valence-corrected chi connectivity index (χ2v) is 6.03. The average Bonchev–Trinajstić information content (AvgIpc) is 2.64. The van der Waals surface area contributed by atoms with Crippen molar-refractivity contribution >= 4 is 5.91 Å². The highest BCUT2D eigenvalue weighted by Gasteiger charge is 2.29. The van der Waals surface area contributed by atoms with Gasteiger partial charge in [-0.25, -0.2) is 0 Å². The molecule has 0 saturated carbocycles. The number of aryl methyl sites for hydroxylation is 2. The minimum Gasteiger partial charge on any atom is -0.486 e. The standard InChI is InChI=1S/C18H22N4O3/c1-13-2-4-15(11-21-13)25-17-6-9-24-12-16(17)22-18(23)5-3-14-10-19-7-8-20-14/h2,4,7-8,10-11,16-17H,3,5-6,9,12H2,1H3,(H,22,23)/t16-,17+/m0/s1. The Hall–Kier alpha value is -2.54. The fraction of sp³-hybridized carbons (Fsp3) is 0.444. The maximum atomic E-state index is 12.2. The number of hydrogen-bond donors (Lipinski definition) is 1. The molecule has 2 aromatic rings. The zero-order chi connectivity index (χ0) is 17.5. The molecule has 0 spiro atoms. The summed E-state index contributed by atoms with van der Waals surface area (Å²) < 4.78 is 11.5. The van der Waals surface area contributed by atoms with E-state index in [1.165, 1.54) is 0 Å². The normalized spacial score (nSPS) is 20.0. The molecule has 0 aliphatic carbocycles. The molecule has 7 nitrogen and oxygen atoms in total. The van der Waals surface area contributed by atoms with Gasteiger partial charge < -0.3 is 14.8 Å². The highest BCUT2D eigenvalue weighted by molar-refractivity contribution is 5.76. The third-order valence-electron chi connectivity index (χ3n) is 4.04. The van der Waals surface area contributed by atoms with Crippen LogP contribution in [0.15, 0.2) is 36.9 Å². The van der Waals surface area contributed by atoms with Gasteiger partial charge in [0.25, 0.3) is 0 Å². The smallest absolute Gasteiger partial charge is 0.220 e. The summed E-state index contributed by atoms with van der Waals surface area (Å²) in [6.45, 7) is 3.00. The minimum absolute atomic E-state index is 0.0446. The van der Waals surface area contributed by atoms with Crippen molar-refractivity contribution in [1.29, 1.82) is 0 Å². The van der Waals surface area contributed by atoms with Crippen LogP contribution in [0.3, 0.4) is 0 Å². The lowest BCUT2D eigenvalue weighted by Gasteiger charge is -2.32. The predicted molar refractivity (Wildman–Crippen MR) is 91.1 cm³/mol. The third-order valence-corrected chi connectivity index (χ3v) is 4.04. The van der Waals surface area contributed by atoms with Crippen LogP contribution in [-0.2, 0) is 16.0 Å². The Morgan fingerprint density at radius 3 is 3.00 bits per heavy atom. The molecular weight excluding hydrogens is 320 g/mol. The van der Waals surface area contributed by atoms with Crippen molar-refractivity contribution < 1.29 is 14.3 Å². The summed E-state index contributed by atoms with van der Waals surface area (Å²) >= 11 is 0. The molecule has 25 heavy (non-hydrogen) atoms. The number of amides is 1. The van der Waals surface area contributed by atoms with Gasteiger partial charge in [0, 0.05) is 37.1 Å². The van der Waals surface area contributed by atoms with Crippen LogP contribution in [0.1, 0.15) is 24.2 Å². The molecule has 2 atom stereocenters. The molecule has 0 aromatic carbocycles. The molecule has 1 amide bonds. The molecule has 0 unspecified atom stereocenters. The zero-order valence-electron chi connectivity index (χ0n) is 14.2. The average molecular weight is 342 g/mol. The lowest BCUT2D eigenvalue weighted by Crippen LogP contribution is -2.51. The lowest BCUT2D eigenvalue weighted by atomic mass is 10.1. The molecule has 132 valence electrons. The van der Waals surface area contributed by atoms with E-state index in [9.17, 15) is 4.79 Å². The largest absolute Gasteiger partial charge is 0.486 e. The van der Waals surface area contributed by atoms with Crippen molar-refractivity contribution in [3.63, 3.8) is 0 Å². The van der Waals surface area contributed by atoms with Crippen LogP contribution in [0.4, 0.5) is 0 Å². The maximum Gasteiger partial charge on any atom is 0.220 e. The summed E-state index contributed by atoms with van der Waals surface area (Å²) in [5.74, 6) is 0.660. The minimum atomic E-state index is -0.176. The van der Waals surface area contributed by atoms with E-state index in [0.29, 0.717) is 31.8 Å². The lowest BCUT2D eigenvalue weighted by molar-refractivity contribution is -0.124. The van der Waals surface area contributed by atoms with Gasteiger partial charge in [-0.3, -0.25) is 19.7 Å². The van der Waals surface area contributed by atoms with Crippen molar-refractivity contribution in [2.45, 2.75) is 38.3 Å². The van der Waals surface area contributed by atoms with Crippen molar-refractivity contribution in [2.24, 2.45) is 0 Å². The van der Waals surface area contributed by atoms with Crippen molar-refractivity contribution in [3.05, 3.63) is 48.3 Å². The summed E-state index contributed by atoms with van der Waals surface area (Å²) in [7, 11) is 0. The van der Waals surface area contributed by atoms with Crippen molar-refractivity contribution in [1.82, 2.24) is 20.3 Å².